The molecule has 2 aromatic carbocycles. The molecule has 3 rings (SSSR count). The maximum absolute atomic E-state index is 12.3. The molecule has 7 heteroatoms. The van der Waals surface area contributed by atoms with Crippen molar-refractivity contribution in [3.63, 3.8) is 0 Å². The highest BCUT2D eigenvalue weighted by atomic mass is 35.5. The Morgan fingerprint density at radius 1 is 1.14 bits per heavy atom. The molecule has 6 nitrogen and oxygen atoms in total. The number of ether oxygens (including phenoxy) is 1. The Morgan fingerprint density at radius 2 is 1.97 bits per heavy atom. The van der Waals surface area contributed by atoms with Crippen molar-refractivity contribution < 1.29 is 9.53 Å². The van der Waals surface area contributed by atoms with E-state index in [0.29, 0.717) is 23.9 Å². The minimum atomic E-state index is -0.259. The van der Waals surface area contributed by atoms with Crippen molar-refractivity contribution in [1.29, 1.82) is 0 Å². The molecule has 3 aromatic rings. The molecule has 0 bridgehead atoms. The molecule has 0 radical (unpaired) electrons. The average Bonchev–Trinajstić information content (AvgIpc) is 2.73. The molecule has 0 saturated carbocycles. The summed E-state index contributed by atoms with van der Waals surface area (Å²) in [6.45, 7) is 3.02. The van der Waals surface area contributed by atoms with Gasteiger partial charge in [0.1, 0.15) is 5.75 Å². The number of amides is 1. The fraction of sp³-hybridized carbons (Fsp3) is 0.227. The first-order chi connectivity index (χ1) is 14.1. The summed E-state index contributed by atoms with van der Waals surface area (Å²) >= 11 is 6.03. The molecule has 29 heavy (non-hydrogen) atoms. The average molecular weight is 412 g/mol. The van der Waals surface area contributed by atoms with Gasteiger partial charge in [0.05, 0.1) is 18.8 Å². The van der Waals surface area contributed by atoms with Gasteiger partial charge in [-0.05, 0) is 31.2 Å². The van der Waals surface area contributed by atoms with Crippen LogP contribution in [0.3, 0.4) is 0 Å². The van der Waals surface area contributed by atoms with Crippen molar-refractivity contribution in [3.8, 4) is 17.0 Å². The minimum absolute atomic E-state index is 0.142. The Kier molecular flexibility index (Phi) is 7.03. The van der Waals surface area contributed by atoms with Gasteiger partial charge in [0, 0.05) is 35.2 Å². The number of carbonyl (C=O) groups is 1. The topological polar surface area (TPSA) is 73.2 Å². The van der Waals surface area contributed by atoms with E-state index in [0.717, 1.165) is 16.9 Å². The van der Waals surface area contributed by atoms with Gasteiger partial charge in [0.15, 0.2) is 0 Å². The van der Waals surface area contributed by atoms with Gasteiger partial charge < -0.3 is 10.1 Å². The van der Waals surface area contributed by atoms with Crippen molar-refractivity contribution in [1.82, 2.24) is 15.1 Å². The smallest absolute Gasteiger partial charge is 0.266 e. The first-order valence-corrected chi connectivity index (χ1v) is 9.76. The van der Waals surface area contributed by atoms with Gasteiger partial charge in [-0.3, -0.25) is 9.59 Å². The molecule has 0 aliphatic carbocycles. The molecule has 0 spiro atoms. The quantitative estimate of drug-likeness (QED) is 0.613. The van der Waals surface area contributed by atoms with Gasteiger partial charge in [-0.2, -0.15) is 5.10 Å². The third kappa shape index (κ3) is 5.68. The van der Waals surface area contributed by atoms with E-state index in [2.05, 4.69) is 10.4 Å². The second kappa shape index (κ2) is 9.89. The van der Waals surface area contributed by atoms with Gasteiger partial charge in [-0.15, -0.1) is 0 Å². The molecule has 0 aliphatic heterocycles. The van der Waals surface area contributed by atoms with Gasteiger partial charge in [0.2, 0.25) is 5.91 Å². The number of aryl methyl sites for hydroxylation is 1. The molecular formula is C22H22ClN3O3. The molecule has 0 saturated heterocycles. The molecule has 150 valence electrons. The van der Waals surface area contributed by atoms with Crippen LogP contribution in [0.1, 0.15) is 18.9 Å². The number of carbonyl (C=O) groups excluding carboxylic acids is 1. The fourth-order valence-electron chi connectivity index (χ4n) is 2.85. The Hall–Kier alpha value is -3.12. The number of hydrogen-bond donors (Lipinski definition) is 1. The molecule has 0 aliphatic rings. The molecular weight excluding hydrogens is 390 g/mol. The number of nitrogens with one attached hydrogen (secondary N) is 1. The number of benzene rings is 2. The summed E-state index contributed by atoms with van der Waals surface area (Å²) in [5.74, 6) is 0.584. The summed E-state index contributed by atoms with van der Waals surface area (Å²) in [6.07, 6.45) is 0.142. The second-order valence-corrected chi connectivity index (χ2v) is 6.79. The standard InChI is InChI=1S/C22H22ClN3O3/c1-2-29-20-9-4-3-6-17(20)15-24-21(27)12-13-26-22(28)11-10-19(25-26)16-7-5-8-18(23)14-16/h3-11,14H,2,12-13,15H2,1H3,(H,24,27). The van der Waals surface area contributed by atoms with Gasteiger partial charge in [-0.25, -0.2) is 4.68 Å². The van der Waals surface area contributed by atoms with E-state index in [1.54, 1.807) is 18.2 Å². The molecule has 0 fully saturated rings. The highest BCUT2D eigenvalue weighted by Crippen LogP contribution is 2.20. The van der Waals surface area contributed by atoms with Crippen LogP contribution in [0.15, 0.2) is 65.5 Å². The Balaban J connectivity index is 1.62. The second-order valence-electron chi connectivity index (χ2n) is 6.36. The molecule has 1 aromatic heterocycles. The molecule has 1 amide bonds. The minimum Gasteiger partial charge on any atom is -0.494 e. The van der Waals surface area contributed by atoms with Gasteiger partial charge >= 0.3 is 0 Å². The molecule has 1 N–H and O–H groups in total. The van der Waals surface area contributed by atoms with E-state index in [1.807, 2.05) is 43.3 Å². The lowest BCUT2D eigenvalue weighted by Crippen LogP contribution is -2.28. The summed E-state index contributed by atoms with van der Waals surface area (Å²) in [5, 5.41) is 7.81. The normalized spacial score (nSPS) is 10.6. The lowest BCUT2D eigenvalue weighted by atomic mass is 10.1. The first-order valence-electron chi connectivity index (χ1n) is 9.38. The van der Waals surface area contributed by atoms with E-state index in [4.69, 9.17) is 16.3 Å². The summed E-state index contributed by atoms with van der Waals surface area (Å²) in [4.78, 5) is 24.4. The van der Waals surface area contributed by atoms with Crippen molar-refractivity contribution >= 4 is 17.5 Å². The fourth-order valence-corrected chi connectivity index (χ4v) is 3.04. The number of aromatic nitrogens is 2. The predicted octanol–water partition coefficient (Wildman–Crippen LogP) is 3.67. The monoisotopic (exact) mass is 411 g/mol. The van der Waals surface area contributed by atoms with Gasteiger partial charge in [-0.1, -0.05) is 41.9 Å². The number of para-hydroxylation sites is 1. The lowest BCUT2D eigenvalue weighted by Gasteiger charge is -2.11. The summed E-state index contributed by atoms with van der Waals surface area (Å²) in [6, 6.07) is 17.9. The third-order valence-electron chi connectivity index (χ3n) is 4.29. The van der Waals surface area contributed by atoms with E-state index in [-0.39, 0.29) is 24.4 Å². The lowest BCUT2D eigenvalue weighted by molar-refractivity contribution is -0.121. The number of halogens is 1. The van der Waals surface area contributed by atoms with E-state index >= 15 is 0 Å². The highest BCUT2D eigenvalue weighted by Gasteiger charge is 2.08. The summed E-state index contributed by atoms with van der Waals surface area (Å²) in [5.41, 5.74) is 2.08. The van der Waals surface area contributed by atoms with Crippen LogP contribution in [0.5, 0.6) is 5.75 Å². The SMILES string of the molecule is CCOc1ccccc1CNC(=O)CCn1nc(-c2cccc(Cl)c2)ccc1=O. The van der Waals surface area contributed by atoms with Crippen LogP contribution >= 0.6 is 11.6 Å². The summed E-state index contributed by atoms with van der Waals surface area (Å²) < 4.78 is 6.86. The van der Waals surface area contributed by atoms with Crippen molar-refractivity contribution in [2.75, 3.05) is 6.61 Å². The van der Waals surface area contributed by atoms with Crippen LogP contribution in [-0.2, 0) is 17.9 Å². The van der Waals surface area contributed by atoms with Crippen LogP contribution in [0, 0.1) is 0 Å². The number of nitrogens with zero attached hydrogens (tertiary/aromatic N) is 2. The summed E-state index contributed by atoms with van der Waals surface area (Å²) in [7, 11) is 0. The van der Waals surface area contributed by atoms with E-state index in [9.17, 15) is 9.59 Å². The molecule has 1 heterocycles. The van der Waals surface area contributed by atoms with Gasteiger partial charge in [0.25, 0.3) is 5.56 Å². The zero-order valence-electron chi connectivity index (χ0n) is 16.1. The Bertz CT molecular complexity index is 1050. The van der Waals surface area contributed by atoms with E-state index < -0.39 is 0 Å². The van der Waals surface area contributed by atoms with Crippen LogP contribution in [0.2, 0.25) is 5.02 Å². The number of hydrogen-bond acceptors (Lipinski definition) is 4. The zero-order chi connectivity index (χ0) is 20.6. The van der Waals surface area contributed by atoms with Crippen molar-refractivity contribution in [3.05, 3.63) is 81.6 Å². The first kappa shape index (κ1) is 20.6. The predicted molar refractivity (Wildman–Crippen MR) is 113 cm³/mol. The van der Waals surface area contributed by atoms with E-state index in [1.165, 1.54) is 10.7 Å². The highest BCUT2D eigenvalue weighted by molar-refractivity contribution is 6.30. The van der Waals surface area contributed by atoms with Crippen LogP contribution in [-0.4, -0.2) is 22.3 Å². The zero-order valence-corrected chi connectivity index (χ0v) is 16.9. The number of rotatable bonds is 8. The van der Waals surface area contributed by atoms with Crippen molar-refractivity contribution in [2.45, 2.75) is 26.4 Å². The molecule has 0 atom stereocenters. The Labute approximate surface area is 174 Å². The van der Waals surface area contributed by atoms with Crippen LogP contribution in [0.25, 0.3) is 11.3 Å². The molecule has 0 unspecified atom stereocenters. The Morgan fingerprint density at radius 3 is 2.76 bits per heavy atom. The van der Waals surface area contributed by atoms with Crippen LogP contribution in [0.4, 0.5) is 0 Å². The van der Waals surface area contributed by atoms with Crippen molar-refractivity contribution in [2.24, 2.45) is 0 Å². The maximum atomic E-state index is 12.3. The van der Waals surface area contributed by atoms with Crippen LogP contribution < -0.4 is 15.6 Å². The third-order valence-corrected chi connectivity index (χ3v) is 4.52. The maximum Gasteiger partial charge on any atom is 0.266 e. The largest absolute Gasteiger partial charge is 0.494 e.